The van der Waals surface area contributed by atoms with Gasteiger partial charge in [-0.25, -0.2) is 0 Å². The van der Waals surface area contributed by atoms with Gasteiger partial charge in [-0.3, -0.25) is 0 Å². The van der Waals surface area contributed by atoms with E-state index in [1.807, 2.05) is 0 Å². The van der Waals surface area contributed by atoms with Crippen molar-refractivity contribution in [2.75, 3.05) is 39.5 Å². The summed E-state index contributed by atoms with van der Waals surface area (Å²) < 4.78 is 10.8. The molecule has 3 nitrogen and oxygen atoms in total. The van der Waals surface area contributed by atoms with E-state index in [0.29, 0.717) is 19.8 Å². The third-order valence-electron chi connectivity index (χ3n) is 2.12. The topological polar surface area (TPSA) is 30.5 Å². The Labute approximate surface area is 100 Å². The predicted molar refractivity (Wildman–Crippen MR) is 68.8 cm³/mol. The number of hydrogen-bond donors (Lipinski definition) is 1. The van der Waals surface area contributed by atoms with Crippen molar-refractivity contribution in [1.82, 2.24) is 5.32 Å². The quantitative estimate of drug-likeness (QED) is 0.412. The first-order valence-corrected chi connectivity index (χ1v) is 6.34. The fourth-order valence-electron chi connectivity index (χ4n) is 1.18. The number of rotatable bonds is 12. The first kappa shape index (κ1) is 15.6. The van der Waals surface area contributed by atoms with Crippen LogP contribution in [0.3, 0.4) is 0 Å². The highest BCUT2D eigenvalue weighted by molar-refractivity contribution is 4.96. The molecule has 0 radical (unpaired) electrons. The highest BCUT2D eigenvalue weighted by atomic mass is 16.5. The van der Waals surface area contributed by atoms with E-state index in [1.165, 1.54) is 6.42 Å². The molecule has 0 fully saturated rings. The normalized spacial score (nSPS) is 10.6. The molecule has 96 valence electrons. The van der Waals surface area contributed by atoms with Crippen molar-refractivity contribution in [3.05, 3.63) is 12.2 Å². The summed E-state index contributed by atoms with van der Waals surface area (Å²) in [5.41, 5.74) is 1.10. The lowest BCUT2D eigenvalue weighted by molar-refractivity contribution is 0.0547. The van der Waals surface area contributed by atoms with Crippen LogP contribution < -0.4 is 5.32 Å². The maximum Gasteiger partial charge on any atom is 0.0704 e. The Morgan fingerprint density at radius 3 is 2.50 bits per heavy atom. The van der Waals surface area contributed by atoms with E-state index in [1.54, 1.807) is 0 Å². The van der Waals surface area contributed by atoms with Gasteiger partial charge in [-0.05, 0) is 25.0 Å². The van der Waals surface area contributed by atoms with Crippen LogP contribution in [0, 0.1) is 0 Å². The second-order valence-electron chi connectivity index (χ2n) is 3.95. The average molecular weight is 229 g/mol. The van der Waals surface area contributed by atoms with Gasteiger partial charge in [-0.1, -0.05) is 26.8 Å². The van der Waals surface area contributed by atoms with Gasteiger partial charge in [0.1, 0.15) is 0 Å². The highest BCUT2D eigenvalue weighted by Gasteiger charge is 1.94. The van der Waals surface area contributed by atoms with Gasteiger partial charge < -0.3 is 14.8 Å². The van der Waals surface area contributed by atoms with Gasteiger partial charge in [0.2, 0.25) is 0 Å². The van der Waals surface area contributed by atoms with Gasteiger partial charge in [-0.2, -0.15) is 0 Å². The summed E-state index contributed by atoms with van der Waals surface area (Å²) in [6.45, 7) is 13.0. The summed E-state index contributed by atoms with van der Waals surface area (Å²) in [4.78, 5) is 0. The molecule has 1 N–H and O–H groups in total. The van der Waals surface area contributed by atoms with Gasteiger partial charge in [0, 0.05) is 13.2 Å². The maximum absolute atomic E-state index is 5.44. The largest absolute Gasteiger partial charge is 0.379 e. The zero-order valence-corrected chi connectivity index (χ0v) is 10.9. The fraction of sp³-hybridized carbons (Fsp3) is 0.846. The number of nitrogens with one attached hydrogen (secondary N) is 1. The SMILES string of the molecule is C=C(CNCCC)COCCOCCCC. The lowest BCUT2D eigenvalue weighted by atomic mass is 10.3. The summed E-state index contributed by atoms with van der Waals surface area (Å²) in [6, 6.07) is 0. The van der Waals surface area contributed by atoms with Crippen LogP contribution >= 0.6 is 0 Å². The van der Waals surface area contributed by atoms with Crippen molar-refractivity contribution in [1.29, 1.82) is 0 Å². The van der Waals surface area contributed by atoms with Crippen LogP contribution in [0.1, 0.15) is 33.1 Å². The molecule has 3 heteroatoms. The predicted octanol–water partition coefficient (Wildman–Crippen LogP) is 2.38. The summed E-state index contributed by atoms with van der Waals surface area (Å²) in [5, 5.41) is 3.29. The van der Waals surface area contributed by atoms with Crippen molar-refractivity contribution in [2.24, 2.45) is 0 Å². The molecule has 0 heterocycles. The van der Waals surface area contributed by atoms with Crippen LogP contribution in [0.4, 0.5) is 0 Å². The number of unbranched alkanes of at least 4 members (excludes halogenated alkanes) is 1. The van der Waals surface area contributed by atoms with Crippen LogP contribution in [0.2, 0.25) is 0 Å². The van der Waals surface area contributed by atoms with Crippen LogP contribution in [0.15, 0.2) is 12.2 Å². The molecule has 0 spiro atoms. The zero-order chi connectivity index (χ0) is 12.1. The Morgan fingerprint density at radius 1 is 1.06 bits per heavy atom. The smallest absolute Gasteiger partial charge is 0.0704 e. The molecule has 0 unspecified atom stereocenters. The van der Waals surface area contributed by atoms with Crippen LogP contribution in [-0.2, 0) is 9.47 Å². The zero-order valence-electron chi connectivity index (χ0n) is 10.9. The Morgan fingerprint density at radius 2 is 1.81 bits per heavy atom. The van der Waals surface area contributed by atoms with E-state index < -0.39 is 0 Å². The monoisotopic (exact) mass is 229 g/mol. The van der Waals surface area contributed by atoms with Crippen LogP contribution in [0.5, 0.6) is 0 Å². The molecule has 0 saturated carbocycles. The molecule has 0 aliphatic carbocycles. The van der Waals surface area contributed by atoms with E-state index in [9.17, 15) is 0 Å². The highest BCUT2D eigenvalue weighted by Crippen LogP contribution is 1.91. The molecule has 0 aromatic rings. The Hall–Kier alpha value is -0.380. The number of hydrogen-bond acceptors (Lipinski definition) is 3. The second-order valence-corrected chi connectivity index (χ2v) is 3.95. The van der Waals surface area contributed by atoms with E-state index in [4.69, 9.17) is 9.47 Å². The van der Waals surface area contributed by atoms with Gasteiger partial charge in [0.25, 0.3) is 0 Å². The van der Waals surface area contributed by atoms with Crippen molar-refractivity contribution in [2.45, 2.75) is 33.1 Å². The molecule has 0 bridgehead atoms. The van der Waals surface area contributed by atoms with Gasteiger partial charge in [0.15, 0.2) is 0 Å². The third-order valence-corrected chi connectivity index (χ3v) is 2.12. The summed E-state index contributed by atoms with van der Waals surface area (Å²) in [5.74, 6) is 0. The Kier molecular flexibility index (Phi) is 12.4. The van der Waals surface area contributed by atoms with Crippen molar-refractivity contribution < 1.29 is 9.47 Å². The number of ether oxygens (including phenoxy) is 2. The standard InChI is InChI=1S/C13H27NO2/c1-4-6-8-15-9-10-16-12-13(3)11-14-7-5-2/h14H,3-12H2,1-2H3. The Bertz CT molecular complexity index is 160. The summed E-state index contributed by atoms with van der Waals surface area (Å²) >= 11 is 0. The second kappa shape index (κ2) is 12.7. The van der Waals surface area contributed by atoms with Gasteiger partial charge in [0.05, 0.1) is 19.8 Å². The minimum Gasteiger partial charge on any atom is -0.379 e. The Balaban J connectivity index is 3.09. The molecular formula is C13H27NO2. The lowest BCUT2D eigenvalue weighted by Crippen LogP contribution is -2.20. The first-order chi connectivity index (χ1) is 7.81. The molecule has 16 heavy (non-hydrogen) atoms. The molecule has 0 saturated heterocycles. The summed E-state index contributed by atoms with van der Waals surface area (Å²) in [7, 11) is 0. The van der Waals surface area contributed by atoms with Crippen LogP contribution in [0.25, 0.3) is 0 Å². The molecule has 0 aromatic carbocycles. The van der Waals surface area contributed by atoms with E-state index in [0.717, 1.165) is 38.1 Å². The molecule has 0 aliphatic heterocycles. The molecule has 0 aliphatic rings. The molecule has 0 atom stereocenters. The van der Waals surface area contributed by atoms with E-state index >= 15 is 0 Å². The third kappa shape index (κ3) is 11.7. The maximum atomic E-state index is 5.44. The van der Waals surface area contributed by atoms with Crippen LogP contribution in [-0.4, -0.2) is 39.5 Å². The van der Waals surface area contributed by atoms with Crippen molar-refractivity contribution in [3.63, 3.8) is 0 Å². The van der Waals surface area contributed by atoms with E-state index in [2.05, 4.69) is 25.7 Å². The summed E-state index contributed by atoms with van der Waals surface area (Å²) in [6.07, 6.45) is 3.47. The van der Waals surface area contributed by atoms with Gasteiger partial charge >= 0.3 is 0 Å². The molecule has 0 amide bonds. The molecule has 0 aromatic heterocycles. The van der Waals surface area contributed by atoms with Gasteiger partial charge in [-0.15, -0.1) is 0 Å². The van der Waals surface area contributed by atoms with Crippen molar-refractivity contribution >= 4 is 0 Å². The molecular weight excluding hydrogens is 202 g/mol. The van der Waals surface area contributed by atoms with E-state index in [-0.39, 0.29) is 0 Å². The lowest BCUT2D eigenvalue weighted by Gasteiger charge is -2.08. The first-order valence-electron chi connectivity index (χ1n) is 6.34. The fourth-order valence-corrected chi connectivity index (χ4v) is 1.18. The average Bonchev–Trinajstić information content (AvgIpc) is 2.28. The molecule has 0 rings (SSSR count). The minimum atomic E-state index is 0.633. The van der Waals surface area contributed by atoms with Crippen molar-refractivity contribution in [3.8, 4) is 0 Å². The minimum absolute atomic E-state index is 0.633.